The average Bonchev–Trinajstić information content (AvgIpc) is 2.61. The monoisotopic (exact) mass is 267 g/mol. The molecule has 1 aliphatic heterocycles. The number of hydrogen-bond donors (Lipinski definition) is 0. The quantitative estimate of drug-likeness (QED) is 0.764. The third-order valence-electron chi connectivity index (χ3n) is 3.65. The molecule has 0 radical (unpaired) electrons. The highest BCUT2D eigenvalue weighted by atomic mass is 35.5. The Morgan fingerprint density at radius 3 is 2.44 bits per heavy atom. The van der Waals surface area contributed by atoms with E-state index in [1.165, 1.54) is 6.42 Å². The van der Waals surface area contributed by atoms with E-state index in [4.69, 9.17) is 16.6 Å². The van der Waals surface area contributed by atoms with Crippen LogP contribution in [-0.2, 0) is 0 Å². The van der Waals surface area contributed by atoms with E-state index >= 15 is 0 Å². The molecule has 0 amide bonds. The van der Waals surface area contributed by atoms with Gasteiger partial charge in [-0.2, -0.15) is 0 Å². The number of rotatable bonds is 2. The predicted octanol–water partition coefficient (Wildman–Crippen LogP) is 3.80. The molecule has 0 bridgehead atoms. The topological polar surface area (TPSA) is 29.0 Å². The minimum absolute atomic E-state index is 0.303. The highest BCUT2D eigenvalue weighted by molar-refractivity contribution is 6.30. The van der Waals surface area contributed by atoms with Crippen molar-refractivity contribution >= 4 is 17.4 Å². The molecule has 2 heterocycles. The standard InChI is InChI=1S/C14H22ClN3/c1-8(2)13-16-12(15)11(5)14(17-13)18-7-9(3)6-10(18)4/h8-10H,6-7H2,1-5H3. The van der Waals surface area contributed by atoms with E-state index in [1.54, 1.807) is 0 Å². The van der Waals surface area contributed by atoms with E-state index < -0.39 is 0 Å². The molecule has 100 valence electrons. The molecule has 1 saturated heterocycles. The van der Waals surface area contributed by atoms with Crippen molar-refractivity contribution in [2.24, 2.45) is 5.92 Å². The van der Waals surface area contributed by atoms with Crippen LogP contribution in [0.4, 0.5) is 5.82 Å². The van der Waals surface area contributed by atoms with Crippen molar-refractivity contribution in [2.45, 2.75) is 53.0 Å². The lowest BCUT2D eigenvalue weighted by Gasteiger charge is -2.25. The lowest BCUT2D eigenvalue weighted by atomic mass is 10.1. The summed E-state index contributed by atoms with van der Waals surface area (Å²) in [5.74, 6) is 2.88. The van der Waals surface area contributed by atoms with Crippen LogP contribution in [0.25, 0.3) is 0 Å². The van der Waals surface area contributed by atoms with Crippen LogP contribution in [0.2, 0.25) is 5.15 Å². The van der Waals surface area contributed by atoms with Crippen molar-refractivity contribution in [1.82, 2.24) is 9.97 Å². The summed E-state index contributed by atoms with van der Waals surface area (Å²) in [7, 11) is 0. The molecule has 2 rings (SSSR count). The molecule has 3 nitrogen and oxygen atoms in total. The third-order valence-corrected chi connectivity index (χ3v) is 4.02. The molecule has 2 atom stereocenters. The Bertz CT molecular complexity index is 445. The van der Waals surface area contributed by atoms with E-state index in [0.29, 0.717) is 17.1 Å². The number of hydrogen-bond acceptors (Lipinski definition) is 3. The summed E-state index contributed by atoms with van der Waals surface area (Å²) in [5, 5.41) is 0.593. The Morgan fingerprint density at radius 2 is 1.94 bits per heavy atom. The zero-order valence-electron chi connectivity index (χ0n) is 11.9. The van der Waals surface area contributed by atoms with Crippen molar-refractivity contribution in [3.63, 3.8) is 0 Å². The van der Waals surface area contributed by atoms with E-state index in [9.17, 15) is 0 Å². The van der Waals surface area contributed by atoms with Crippen molar-refractivity contribution < 1.29 is 0 Å². The summed E-state index contributed by atoms with van der Waals surface area (Å²) in [4.78, 5) is 11.5. The van der Waals surface area contributed by atoms with Gasteiger partial charge in [-0.3, -0.25) is 0 Å². The Hall–Kier alpha value is -0.830. The fraction of sp³-hybridized carbons (Fsp3) is 0.714. The number of aromatic nitrogens is 2. The van der Waals surface area contributed by atoms with Crippen LogP contribution < -0.4 is 4.90 Å². The van der Waals surface area contributed by atoms with Crippen molar-refractivity contribution in [3.05, 3.63) is 16.5 Å². The first-order chi connectivity index (χ1) is 8.40. The molecule has 0 spiro atoms. The first-order valence-corrected chi connectivity index (χ1v) is 7.08. The van der Waals surface area contributed by atoms with Gasteiger partial charge in [-0.15, -0.1) is 0 Å². The summed E-state index contributed by atoms with van der Waals surface area (Å²) >= 11 is 6.25. The predicted molar refractivity (Wildman–Crippen MR) is 76.5 cm³/mol. The SMILES string of the molecule is Cc1c(Cl)nc(C(C)C)nc1N1CC(C)CC1C. The molecule has 18 heavy (non-hydrogen) atoms. The molecule has 0 aliphatic carbocycles. The summed E-state index contributed by atoms with van der Waals surface area (Å²) in [5.41, 5.74) is 1.00. The van der Waals surface area contributed by atoms with Crippen LogP contribution in [-0.4, -0.2) is 22.6 Å². The van der Waals surface area contributed by atoms with Gasteiger partial charge >= 0.3 is 0 Å². The summed E-state index contributed by atoms with van der Waals surface area (Å²) in [6, 6.07) is 0.532. The maximum atomic E-state index is 6.25. The van der Waals surface area contributed by atoms with E-state index in [2.05, 4.69) is 37.6 Å². The van der Waals surface area contributed by atoms with Crippen molar-refractivity contribution in [1.29, 1.82) is 0 Å². The highest BCUT2D eigenvalue weighted by Gasteiger charge is 2.29. The molecule has 4 heteroatoms. The van der Waals surface area contributed by atoms with Gasteiger partial charge in [0.1, 0.15) is 16.8 Å². The number of nitrogens with zero attached hydrogens (tertiary/aromatic N) is 3. The molecule has 1 fully saturated rings. The molecule has 1 aromatic heterocycles. The fourth-order valence-corrected chi connectivity index (χ4v) is 2.80. The second-order valence-electron chi connectivity index (χ2n) is 5.82. The highest BCUT2D eigenvalue weighted by Crippen LogP contribution is 2.32. The fourth-order valence-electron chi connectivity index (χ4n) is 2.63. The van der Waals surface area contributed by atoms with Gasteiger partial charge < -0.3 is 4.90 Å². The smallest absolute Gasteiger partial charge is 0.137 e. The molecular weight excluding hydrogens is 246 g/mol. The molecular formula is C14H22ClN3. The Balaban J connectivity index is 2.43. The number of halogens is 1. The van der Waals surface area contributed by atoms with E-state index in [-0.39, 0.29) is 0 Å². The van der Waals surface area contributed by atoms with Crippen LogP contribution >= 0.6 is 11.6 Å². The largest absolute Gasteiger partial charge is 0.353 e. The zero-order valence-corrected chi connectivity index (χ0v) is 12.6. The first kappa shape index (κ1) is 13.6. The molecule has 2 unspecified atom stereocenters. The molecule has 0 aromatic carbocycles. The van der Waals surface area contributed by atoms with Gasteiger partial charge in [-0.05, 0) is 26.2 Å². The molecule has 0 saturated carbocycles. The second-order valence-corrected chi connectivity index (χ2v) is 6.18. The first-order valence-electron chi connectivity index (χ1n) is 6.70. The Labute approximate surface area is 115 Å². The lowest BCUT2D eigenvalue weighted by molar-refractivity contribution is 0.625. The summed E-state index contributed by atoms with van der Waals surface area (Å²) in [6.07, 6.45) is 1.22. The maximum absolute atomic E-state index is 6.25. The van der Waals surface area contributed by atoms with E-state index in [1.807, 2.05) is 6.92 Å². The van der Waals surface area contributed by atoms with Gasteiger partial charge in [0.15, 0.2) is 0 Å². The normalized spacial score (nSPS) is 24.1. The third kappa shape index (κ3) is 2.46. The van der Waals surface area contributed by atoms with Gasteiger partial charge in [0.05, 0.1) is 0 Å². The van der Waals surface area contributed by atoms with Crippen LogP contribution in [0, 0.1) is 12.8 Å². The minimum atomic E-state index is 0.303. The maximum Gasteiger partial charge on any atom is 0.137 e. The number of anilines is 1. The van der Waals surface area contributed by atoms with Crippen LogP contribution in [0.5, 0.6) is 0 Å². The molecule has 1 aromatic rings. The average molecular weight is 268 g/mol. The van der Waals surface area contributed by atoms with Crippen molar-refractivity contribution in [2.75, 3.05) is 11.4 Å². The Kier molecular flexibility index (Phi) is 3.81. The lowest BCUT2D eigenvalue weighted by Crippen LogP contribution is -2.29. The van der Waals surface area contributed by atoms with Gasteiger partial charge in [-0.25, -0.2) is 9.97 Å². The zero-order chi connectivity index (χ0) is 13.4. The molecule has 0 N–H and O–H groups in total. The van der Waals surface area contributed by atoms with Crippen LogP contribution in [0.3, 0.4) is 0 Å². The second kappa shape index (κ2) is 5.04. The summed E-state index contributed by atoms with van der Waals surface area (Å²) < 4.78 is 0. The minimum Gasteiger partial charge on any atom is -0.353 e. The molecule has 1 aliphatic rings. The van der Waals surface area contributed by atoms with Gasteiger partial charge in [0.2, 0.25) is 0 Å². The van der Waals surface area contributed by atoms with Gasteiger partial charge in [0, 0.05) is 24.1 Å². The Morgan fingerprint density at radius 1 is 1.28 bits per heavy atom. The van der Waals surface area contributed by atoms with Gasteiger partial charge in [0.25, 0.3) is 0 Å². The van der Waals surface area contributed by atoms with Crippen LogP contribution in [0.15, 0.2) is 0 Å². The van der Waals surface area contributed by atoms with Gasteiger partial charge in [-0.1, -0.05) is 32.4 Å². The van der Waals surface area contributed by atoms with E-state index in [0.717, 1.165) is 29.7 Å². The van der Waals surface area contributed by atoms with Crippen molar-refractivity contribution in [3.8, 4) is 0 Å². The van der Waals surface area contributed by atoms with Crippen LogP contribution in [0.1, 0.15) is 51.4 Å². The summed E-state index contributed by atoms with van der Waals surface area (Å²) in [6.45, 7) is 11.8.